The van der Waals surface area contributed by atoms with Gasteiger partial charge in [-0.15, -0.1) is 0 Å². The molecule has 0 heterocycles. The molecule has 0 fully saturated rings. The molecule has 35 heavy (non-hydrogen) atoms. The number of aldehydes is 1. The highest BCUT2D eigenvalue weighted by Crippen LogP contribution is 2.42. The van der Waals surface area contributed by atoms with E-state index in [1.165, 1.54) is 0 Å². The standard InChI is InChI=1S/C28H60O5Si2/c1-14-34(15-2,16-3)33-28(26(30-12)17-24(10)19-29)27(31-13)18-25(11)20-32-35(21(4)5,22(6)7)23(8)9/h19,21-28H,14-18,20H2,1-13H3/t24-,25-,26+,27+,28+/m1/s1. The number of carbonyl (C=O) groups excluding carboxylic acids is 1. The van der Waals surface area contributed by atoms with Gasteiger partial charge in [-0.2, -0.15) is 0 Å². The van der Waals surface area contributed by atoms with Crippen LogP contribution in [0.4, 0.5) is 0 Å². The fourth-order valence-electron chi connectivity index (χ4n) is 6.08. The number of hydrogen-bond acceptors (Lipinski definition) is 5. The van der Waals surface area contributed by atoms with Gasteiger partial charge < -0.3 is 23.1 Å². The van der Waals surface area contributed by atoms with Crippen LogP contribution in [0.3, 0.4) is 0 Å². The van der Waals surface area contributed by atoms with Crippen LogP contribution < -0.4 is 0 Å². The molecule has 0 saturated heterocycles. The first-order valence-electron chi connectivity index (χ1n) is 14.2. The summed E-state index contributed by atoms with van der Waals surface area (Å²) in [5.41, 5.74) is 1.70. The number of ether oxygens (including phenoxy) is 2. The summed E-state index contributed by atoms with van der Waals surface area (Å²) >= 11 is 0. The summed E-state index contributed by atoms with van der Waals surface area (Å²) in [4.78, 5) is 11.5. The van der Waals surface area contributed by atoms with Gasteiger partial charge in [0.05, 0.1) is 18.3 Å². The summed E-state index contributed by atoms with van der Waals surface area (Å²) < 4.78 is 26.0. The van der Waals surface area contributed by atoms with E-state index < -0.39 is 16.6 Å². The first kappa shape index (κ1) is 34.9. The maximum atomic E-state index is 11.5. The van der Waals surface area contributed by atoms with Gasteiger partial charge >= 0.3 is 0 Å². The van der Waals surface area contributed by atoms with Gasteiger partial charge in [-0.1, -0.05) is 76.2 Å². The normalized spacial score (nSPS) is 17.6. The molecule has 5 nitrogen and oxygen atoms in total. The zero-order chi connectivity index (χ0) is 27.4. The Morgan fingerprint density at radius 1 is 0.714 bits per heavy atom. The van der Waals surface area contributed by atoms with E-state index in [1.807, 2.05) is 6.92 Å². The highest BCUT2D eigenvalue weighted by atomic mass is 28.4. The summed E-state index contributed by atoms with van der Waals surface area (Å²) in [5.74, 6) is 0.246. The van der Waals surface area contributed by atoms with Crippen molar-refractivity contribution in [2.24, 2.45) is 11.8 Å². The molecule has 0 aromatic heterocycles. The quantitative estimate of drug-likeness (QED) is 0.118. The fraction of sp³-hybridized carbons (Fsp3) is 0.964. The summed E-state index contributed by atoms with van der Waals surface area (Å²) in [6.45, 7) is 25.7. The number of carbonyl (C=O) groups is 1. The molecule has 0 N–H and O–H groups in total. The third kappa shape index (κ3) is 9.64. The van der Waals surface area contributed by atoms with Gasteiger partial charge in [-0.3, -0.25) is 0 Å². The monoisotopic (exact) mass is 532 g/mol. The molecule has 0 radical (unpaired) electrons. The molecule has 0 rings (SSSR count). The van der Waals surface area contributed by atoms with Crippen LogP contribution in [-0.4, -0.2) is 62.1 Å². The van der Waals surface area contributed by atoms with Crippen LogP contribution in [0.25, 0.3) is 0 Å². The van der Waals surface area contributed by atoms with Gasteiger partial charge in [0.25, 0.3) is 0 Å². The smallest absolute Gasteiger partial charge is 0.200 e. The van der Waals surface area contributed by atoms with Crippen molar-refractivity contribution in [3.8, 4) is 0 Å². The molecule has 0 aliphatic rings. The molecular weight excluding hydrogens is 472 g/mol. The summed E-state index contributed by atoms with van der Waals surface area (Å²) in [6.07, 6.45) is 2.02. The van der Waals surface area contributed by atoms with Crippen LogP contribution in [0.2, 0.25) is 34.8 Å². The zero-order valence-electron chi connectivity index (χ0n) is 25.5. The Morgan fingerprint density at radius 2 is 1.14 bits per heavy atom. The molecule has 0 aliphatic heterocycles. The predicted octanol–water partition coefficient (Wildman–Crippen LogP) is 7.85. The lowest BCUT2D eigenvalue weighted by Crippen LogP contribution is -2.52. The SMILES string of the molecule is CC[Si](CC)(CC)O[C@H]([C@H](C[C@@H](C)CO[Si](C(C)C)(C(C)C)C(C)C)OC)[C@H](C[C@@H](C)C=O)OC. The molecule has 0 amide bonds. The Bertz CT molecular complexity index is 536. The first-order chi connectivity index (χ1) is 16.3. The average Bonchev–Trinajstić information content (AvgIpc) is 2.82. The molecule has 0 aromatic rings. The van der Waals surface area contributed by atoms with E-state index in [0.29, 0.717) is 29.0 Å². The third-order valence-corrected chi connectivity index (χ3v) is 19.2. The van der Waals surface area contributed by atoms with Crippen molar-refractivity contribution < 1.29 is 23.1 Å². The lowest BCUT2D eigenvalue weighted by Gasteiger charge is -2.43. The number of rotatable bonds is 20. The Hall–Kier alpha value is -0.0562. The molecule has 7 heteroatoms. The van der Waals surface area contributed by atoms with E-state index in [4.69, 9.17) is 18.3 Å². The van der Waals surface area contributed by atoms with E-state index in [9.17, 15) is 4.79 Å². The van der Waals surface area contributed by atoms with Crippen molar-refractivity contribution in [1.29, 1.82) is 0 Å². The van der Waals surface area contributed by atoms with Crippen molar-refractivity contribution in [3.05, 3.63) is 0 Å². The molecular formula is C28H60O5Si2. The molecule has 0 aromatic carbocycles. The van der Waals surface area contributed by atoms with Crippen molar-refractivity contribution in [2.75, 3.05) is 20.8 Å². The van der Waals surface area contributed by atoms with Crippen LogP contribution >= 0.6 is 0 Å². The lowest BCUT2D eigenvalue weighted by atomic mass is 9.93. The molecule has 0 spiro atoms. The second-order valence-corrected chi connectivity index (χ2v) is 21.9. The van der Waals surface area contributed by atoms with E-state index in [0.717, 1.165) is 37.4 Å². The van der Waals surface area contributed by atoms with E-state index >= 15 is 0 Å². The van der Waals surface area contributed by atoms with Gasteiger partial charge in [0.15, 0.2) is 16.6 Å². The van der Waals surface area contributed by atoms with Gasteiger partial charge in [0.2, 0.25) is 0 Å². The van der Waals surface area contributed by atoms with Gasteiger partial charge in [-0.05, 0) is 53.5 Å². The summed E-state index contributed by atoms with van der Waals surface area (Å²) in [6, 6.07) is 3.20. The highest BCUT2D eigenvalue weighted by Gasteiger charge is 2.45. The molecule has 5 atom stereocenters. The number of methoxy groups -OCH3 is 2. The topological polar surface area (TPSA) is 54.0 Å². The van der Waals surface area contributed by atoms with Crippen LogP contribution in [0.15, 0.2) is 0 Å². The Labute approximate surface area is 220 Å². The van der Waals surface area contributed by atoms with Gasteiger partial charge in [0.1, 0.15) is 6.29 Å². The molecule has 0 aliphatic carbocycles. The van der Waals surface area contributed by atoms with E-state index in [1.54, 1.807) is 14.2 Å². The van der Waals surface area contributed by atoms with Gasteiger partial charge in [-0.25, -0.2) is 0 Å². The highest BCUT2D eigenvalue weighted by molar-refractivity contribution is 6.77. The van der Waals surface area contributed by atoms with Crippen molar-refractivity contribution in [3.63, 3.8) is 0 Å². The minimum atomic E-state index is -1.92. The first-order valence-corrected chi connectivity index (χ1v) is 18.8. The van der Waals surface area contributed by atoms with Crippen molar-refractivity contribution >= 4 is 22.9 Å². The average molecular weight is 533 g/mol. The minimum absolute atomic E-state index is 0.0833. The maximum absolute atomic E-state index is 11.5. The number of hydrogen-bond donors (Lipinski definition) is 0. The largest absolute Gasteiger partial charge is 0.416 e. The second kappa shape index (κ2) is 16.7. The molecule has 0 unspecified atom stereocenters. The summed E-state index contributed by atoms with van der Waals surface area (Å²) in [5, 5.41) is 0. The second-order valence-electron chi connectivity index (χ2n) is 11.7. The third-order valence-electron chi connectivity index (χ3n) is 8.45. The molecule has 0 bridgehead atoms. The molecule has 0 saturated carbocycles. The molecule has 210 valence electrons. The van der Waals surface area contributed by atoms with Crippen LogP contribution in [0, 0.1) is 11.8 Å². The summed E-state index contributed by atoms with van der Waals surface area (Å²) in [7, 11) is -0.316. The lowest BCUT2D eigenvalue weighted by molar-refractivity contribution is -0.116. The predicted molar refractivity (Wildman–Crippen MR) is 154 cm³/mol. The van der Waals surface area contributed by atoms with Crippen LogP contribution in [-0.2, 0) is 23.1 Å². The Morgan fingerprint density at radius 3 is 1.49 bits per heavy atom. The Kier molecular flexibility index (Phi) is 16.7. The zero-order valence-corrected chi connectivity index (χ0v) is 27.5. The van der Waals surface area contributed by atoms with E-state index in [-0.39, 0.29) is 24.2 Å². The van der Waals surface area contributed by atoms with E-state index in [2.05, 4.69) is 69.2 Å². The van der Waals surface area contributed by atoms with Gasteiger partial charge in [0, 0.05) is 26.7 Å². The minimum Gasteiger partial charge on any atom is -0.416 e. The van der Waals surface area contributed by atoms with Crippen molar-refractivity contribution in [2.45, 2.75) is 142 Å². The van der Waals surface area contributed by atoms with Crippen LogP contribution in [0.1, 0.15) is 89.0 Å². The van der Waals surface area contributed by atoms with Crippen molar-refractivity contribution in [1.82, 2.24) is 0 Å². The Balaban J connectivity index is 5.89. The van der Waals surface area contributed by atoms with Crippen LogP contribution in [0.5, 0.6) is 0 Å². The fourth-order valence-corrected chi connectivity index (χ4v) is 14.5. The maximum Gasteiger partial charge on any atom is 0.200 e.